The molecule has 1 heterocycles. The van der Waals surface area contributed by atoms with E-state index in [1.165, 1.54) is 0 Å². The molecule has 0 aliphatic heterocycles. The van der Waals surface area contributed by atoms with Crippen LogP contribution in [0.15, 0.2) is 29.6 Å². The highest BCUT2D eigenvalue weighted by Gasteiger charge is 2.07. The van der Waals surface area contributed by atoms with Crippen LogP contribution in [0.3, 0.4) is 0 Å². The molecule has 0 atom stereocenters. The van der Waals surface area contributed by atoms with Gasteiger partial charge in [-0.3, -0.25) is 0 Å². The lowest BCUT2D eigenvalue weighted by Crippen LogP contribution is -2.31. The van der Waals surface area contributed by atoms with Gasteiger partial charge in [-0.15, -0.1) is 0 Å². The van der Waals surface area contributed by atoms with E-state index >= 15 is 0 Å². The van der Waals surface area contributed by atoms with Gasteiger partial charge in [0.15, 0.2) is 0 Å². The molecule has 0 unspecified atom stereocenters. The van der Waals surface area contributed by atoms with Crippen molar-refractivity contribution in [3.05, 3.63) is 24.4 Å². The smallest absolute Gasteiger partial charge is 0.140 e. The second-order valence-electron chi connectivity index (χ2n) is 3.51. The molecular formula is C11H18N4O2. The minimum atomic E-state index is 0.211. The molecule has 94 valence electrons. The van der Waals surface area contributed by atoms with Crippen LogP contribution in [0.2, 0.25) is 0 Å². The van der Waals surface area contributed by atoms with Gasteiger partial charge in [0, 0.05) is 32.8 Å². The van der Waals surface area contributed by atoms with Crippen LogP contribution in [0, 0.1) is 0 Å². The zero-order valence-electron chi connectivity index (χ0n) is 9.91. The Balaban J connectivity index is 2.61. The van der Waals surface area contributed by atoms with E-state index in [2.05, 4.69) is 10.1 Å². The van der Waals surface area contributed by atoms with Gasteiger partial charge in [-0.1, -0.05) is 11.2 Å². The largest absolute Gasteiger partial charge is 0.409 e. The van der Waals surface area contributed by atoms with Crippen molar-refractivity contribution in [1.29, 1.82) is 0 Å². The van der Waals surface area contributed by atoms with Crippen LogP contribution in [0.25, 0.3) is 0 Å². The number of aromatic nitrogens is 1. The number of rotatable bonds is 7. The van der Waals surface area contributed by atoms with Crippen LogP contribution in [0.4, 0.5) is 5.82 Å². The number of ether oxygens (including phenoxy) is 1. The standard InChI is InChI=1S/C11H18N4O2/c1-17-9-8-15(7-5-10(12)14-16)11-4-2-3-6-13-11/h2-4,6,16H,5,7-9H2,1H3,(H2,12,14). The molecule has 0 aliphatic rings. The Morgan fingerprint density at radius 3 is 2.94 bits per heavy atom. The van der Waals surface area contributed by atoms with Crippen LogP contribution in [0.1, 0.15) is 6.42 Å². The van der Waals surface area contributed by atoms with E-state index in [4.69, 9.17) is 15.7 Å². The van der Waals surface area contributed by atoms with E-state index in [0.29, 0.717) is 26.1 Å². The lowest BCUT2D eigenvalue weighted by atomic mass is 10.3. The maximum atomic E-state index is 8.50. The van der Waals surface area contributed by atoms with E-state index in [1.54, 1.807) is 13.3 Å². The summed E-state index contributed by atoms with van der Waals surface area (Å²) in [5, 5.41) is 11.4. The maximum Gasteiger partial charge on any atom is 0.140 e. The summed E-state index contributed by atoms with van der Waals surface area (Å²) in [5.74, 6) is 1.07. The molecule has 0 aliphatic carbocycles. The number of anilines is 1. The van der Waals surface area contributed by atoms with Gasteiger partial charge in [-0.05, 0) is 12.1 Å². The van der Waals surface area contributed by atoms with Crippen LogP contribution >= 0.6 is 0 Å². The molecule has 0 bridgehead atoms. The van der Waals surface area contributed by atoms with Crippen molar-refractivity contribution < 1.29 is 9.94 Å². The zero-order valence-corrected chi connectivity index (χ0v) is 9.91. The molecule has 1 aromatic heterocycles. The summed E-state index contributed by atoms with van der Waals surface area (Å²) in [4.78, 5) is 6.29. The summed E-state index contributed by atoms with van der Waals surface area (Å²) < 4.78 is 5.05. The molecule has 0 radical (unpaired) electrons. The Kier molecular flexibility index (Phi) is 5.81. The van der Waals surface area contributed by atoms with Gasteiger partial charge >= 0.3 is 0 Å². The molecule has 3 N–H and O–H groups in total. The predicted octanol–water partition coefficient (Wildman–Crippen LogP) is 0.671. The van der Waals surface area contributed by atoms with E-state index in [-0.39, 0.29) is 5.84 Å². The molecule has 1 aromatic rings. The van der Waals surface area contributed by atoms with Crippen LogP contribution < -0.4 is 10.6 Å². The molecule has 0 spiro atoms. The average Bonchev–Trinajstić information content (AvgIpc) is 2.39. The summed E-state index contributed by atoms with van der Waals surface area (Å²) in [7, 11) is 1.65. The summed E-state index contributed by atoms with van der Waals surface area (Å²) in [6, 6.07) is 5.70. The molecule has 0 fully saturated rings. The van der Waals surface area contributed by atoms with Crippen molar-refractivity contribution in [2.24, 2.45) is 10.9 Å². The van der Waals surface area contributed by atoms with Gasteiger partial charge in [-0.2, -0.15) is 0 Å². The normalized spacial score (nSPS) is 11.5. The first-order valence-corrected chi connectivity index (χ1v) is 5.39. The van der Waals surface area contributed by atoms with Crippen molar-refractivity contribution in [2.75, 3.05) is 31.7 Å². The Morgan fingerprint density at radius 1 is 1.53 bits per heavy atom. The quantitative estimate of drug-likeness (QED) is 0.316. The number of nitrogens with two attached hydrogens (primary N) is 1. The third-order valence-electron chi connectivity index (χ3n) is 2.30. The summed E-state index contributed by atoms with van der Waals surface area (Å²) in [6.45, 7) is 1.95. The first-order valence-electron chi connectivity index (χ1n) is 5.39. The minimum absolute atomic E-state index is 0.211. The van der Waals surface area contributed by atoms with Gasteiger partial charge in [0.1, 0.15) is 11.7 Å². The summed E-state index contributed by atoms with van der Waals surface area (Å²) in [5.41, 5.74) is 5.45. The fourth-order valence-corrected chi connectivity index (χ4v) is 1.38. The zero-order chi connectivity index (χ0) is 12.5. The van der Waals surface area contributed by atoms with Crippen LogP contribution in [-0.4, -0.2) is 42.8 Å². The highest BCUT2D eigenvalue weighted by molar-refractivity contribution is 5.80. The molecule has 6 heteroatoms. The molecular weight excluding hydrogens is 220 g/mol. The van der Waals surface area contributed by atoms with Crippen LogP contribution in [-0.2, 0) is 4.74 Å². The highest BCUT2D eigenvalue weighted by Crippen LogP contribution is 2.09. The average molecular weight is 238 g/mol. The summed E-state index contributed by atoms with van der Waals surface area (Å²) in [6.07, 6.45) is 2.22. The Hall–Kier alpha value is -1.82. The van der Waals surface area contributed by atoms with Gasteiger partial charge in [0.25, 0.3) is 0 Å². The molecule has 6 nitrogen and oxygen atoms in total. The van der Waals surface area contributed by atoms with E-state index in [0.717, 1.165) is 5.82 Å². The SMILES string of the molecule is COCCN(CCC(N)=NO)c1ccccn1. The second kappa shape index (κ2) is 7.45. The lowest BCUT2D eigenvalue weighted by Gasteiger charge is -2.22. The molecule has 0 saturated heterocycles. The monoisotopic (exact) mass is 238 g/mol. The van der Waals surface area contributed by atoms with E-state index in [9.17, 15) is 0 Å². The lowest BCUT2D eigenvalue weighted by molar-refractivity contribution is 0.205. The molecule has 1 rings (SSSR count). The third kappa shape index (κ3) is 4.69. The predicted molar refractivity (Wildman–Crippen MR) is 66.4 cm³/mol. The van der Waals surface area contributed by atoms with Gasteiger partial charge < -0.3 is 20.6 Å². The number of oxime groups is 1. The van der Waals surface area contributed by atoms with Crippen molar-refractivity contribution in [2.45, 2.75) is 6.42 Å². The Morgan fingerprint density at radius 2 is 2.35 bits per heavy atom. The first-order chi connectivity index (χ1) is 8.27. The number of pyridine rings is 1. The van der Waals surface area contributed by atoms with E-state index < -0.39 is 0 Å². The molecule has 17 heavy (non-hydrogen) atoms. The van der Waals surface area contributed by atoms with Crippen molar-refractivity contribution in [3.8, 4) is 0 Å². The second-order valence-corrected chi connectivity index (χ2v) is 3.51. The number of hydrogen-bond acceptors (Lipinski definition) is 5. The van der Waals surface area contributed by atoms with Crippen LogP contribution in [0.5, 0.6) is 0 Å². The van der Waals surface area contributed by atoms with Crippen molar-refractivity contribution >= 4 is 11.7 Å². The Bertz CT molecular complexity index is 343. The molecule has 0 saturated carbocycles. The Labute approximate surface area is 101 Å². The maximum absolute atomic E-state index is 8.50. The third-order valence-corrected chi connectivity index (χ3v) is 2.30. The van der Waals surface area contributed by atoms with Gasteiger partial charge in [-0.25, -0.2) is 4.98 Å². The number of amidine groups is 1. The van der Waals surface area contributed by atoms with Crippen molar-refractivity contribution in [1.82, 2.24) is 4.98 Å². The fourth-order valence-electron chi connectivity index (χ4n) is 1.38. The van der Waals surface area contributed by atoms with E-state index in [1.807, 2.05) is 23.1 Å². The topological polar surface area (TPSA) is 84.0 Å². The molecule has 0 aromatic carbocycles. The van der Waals surface area contributed by atoms with Gasteiger partial charge in [0.2, 0.25) is 0 Å². The minimum Gasteiger partial charge on any atom is -0.409 e. The number of methoxy groups -OCH3 is 1. The first kappa shape index (κ1) is 13.2. The van der Waals surface area contributed by atoms with Crippen molar-refractivity contribution in [3.63, 3.8) is 0 Å². The van der Waals surface area contributed by atoms with Gasteiger partial charge in [0.05, 0.1) is 6.61 Å². The summed E-state index contributed by atoms with van der Waals surface area (Å²) >= 11 is 0. The fraction of sp³-hybridized carbons (Fsp3) is 0.455. The highest BCUT2D eigenvalue weighted by atomic mass is 16.5. The number of hydrogen-bond donors (Lipinski definition) is 2. The molecule has 0 amide bonds. The number of nitrogens with zero attached hydrogens (tertiary/aromatic N) is 3.